The molecule has 2 aromatic carbocycles. The third-order valence-electron chi connectivity index (χ3n) is 7.85. The molecule has 2 aromatic rings. The van der Waals surface area contributed by atoms with Gasteiger partial charge >= 0.3 is 0 Å². The van der Waals surface area contributed by atoms with Crippen LogP contribution >= 0.6 is 0 Å². The third kappa shape index (κ3) is 4.73. The highest BCUT2D eigenvalue weighted by molar-refractivity contribution is 6.13. The molecule has 0 bridgehead atoms. The quantitative estimate of drug-likeness (QED) is 0.549. The standard InChI is InChI=1S/C30H37N3O4/c1-19(15-17-32-25(34)21-11-7-9-13-23(21)29(3,4)27(32)36)31-20(2)16-18-33-26(35)22-12-8-10-14-24(22)30(5,6)28(33)37/h7-14,19-20,31H,15-18H2,1-6H3. The summed E-state index contributed by atoms with van der Waals surface area (Å²) in [6.07, 6.45) is 1.20. The molecular formula is C30H37N3O4. The molecule has 37 heavy (non-hydrogen) atoms. The normalized spacial score (nSPS) is 19.9. The molecule has 196 valence electrons. The fourth-order valence-electron chi connectivity index (χ4n) is 5.51. The van der Waals surface area contributed by atoms with Gasteiger partial charge in [-0.2, -0.15) is 0 Å². The van der Waals surface area contributed by atoms with Crippen LogP contribution in [0.4, 0.5) is 0 Å². The maximum atomic E-state index is 13.1. The van der Waals surface area contributed by atoms with Gasteiger partial charge in [0.25, 0.3) is 11.8 Å². The van der Waals surface area contributed by atoms with Crippen molar-refractivity contribution in [2.75, 3.05) is 13.1 Å². The van der Waals surface area contributed by atoms with E-state index in [-0.39, 0.29) is 35.7 Å². The van der Waals surface area contributed by atoms with Crippen molar-refractivity contribution in [2.45, 2.75) is 77.3 Å². The molecule has 7 nitrogen and oxygen atoms in total. The van der Waals surface area contributed by atoms with E-state index in [1.165, 1.54) is 9.80 Å². The van der Waals surface area contributed by atoms with E-state index >= 15 is 0 Å². The van der Waals surface area contributed by atoms with E-state index in [9.17, 15) is 19.2 Å². The Balaban J connectivity index is 1.34. The van der Waals surface area contributed by atoms with E-state index in [0.717, 1.165) is 11.1 Å². The summed E-state index contributed by atoms with van der Waals surface area (Å²) < 4.78 is 0. The molecule has 2 unspecified atom stereocenters. The number of hydrogen-bond donors (Lipinski definition) is 1. The van der Waals surface area contributed by atoms with Crippen LogP contribution < -0.4 is 5.32 Å². The third-order valence-corrected chi connectivity index (χ3v) is 7.85. The Bertz CT molecular complexity index is 1150. The number of carbonyl (C=O) groups is 4. The van der Waals surface area contributed by atoms with Crippen LogP contribution in [-0.4, -0.2) is 58.6 Å². The van der Waals surface area contributed by atoms with Crippen molar-refractivity contribution in [3.63, 3.8) is 0 Å². The molecule has 0 spiro atoms. The van der Waals surface area contributed by atoms with E-state index in [0.29, 0.717) is 37.1 Å². The maximum Gasteiger partial charge on any atom is 0.260 e. The van der Waals surface area contributed by atoms with Crippen molar-refractivity contribution < 1.29 is 19.2 Å². The van der Waals surface area contributed by atoms with E-state index in [4.69, 9.17) is 0 Å². The molecule has 7 heteroatoms. The predicted molar refractivity (Wildman–Crippen MR) is 142 cm³/mol. The largest absolute Gasteiger partial charge is 0.312 e. The number of nitrogens with one attached hydrogen (secondary N) is 1. The lowest BCUT2D eigenvalue weighted by atomic mass is 9.77. The molecule has 0 fully saturated rings. The second kappa shape index (κ2) is 9.86. The summed E-state index contributed by atoms with van der Waals surface area (Å²) in [6.45, 7) is 12.1. The lowest BCUT2D eigenvalue weighted by Gasteiger charge is -2.38. The SMILES string of the molecule is CC(CCN1C(=O)c2ccccc2C(C)(C)C1=O)NC(C)CCN1C(=O)c2ccccc2C(C)(C)C1=O. The van der Waals surface area contributed by atoms with Crippen molar-refractivity contribution in [2.24, 2.45) is 0 Å². The second-order valence-electron chi connectivity index (χ2n) is 11.4. The number of imide groups is 2. The minimum absolute atomic E-state index is 0.0285. The van der Waals surface area contributed by atoms with Gasteiger partial charge in [0.2, 0.25) is 11.8 Å². The first-order chi connectivity index (χ1) is 17.4. The Morgan fingerprint density at radius 2 is 1.00 bits per heavy atom. The van der Waals surface area contributed by atoms with Gasteiger partial charge in [0.15, 0.2) is 0 Å². The van der Waals surface area contributed by atoms with Gasteiger partial charge in [-0.15, -0.1) is 0 Å². The van der Waals surface area contributed by atoms with E-state index in [1.807, 2.05) is 77.9 Å². The number of nitrogens with zero attached hydrogens (tertiary/aromatic N) is 2. The van der Waals surface area contributed by atoms with Gasteiger partial charge in [-0.25, -0.2) is 0 Å². The van der Waals surface area contributed by atoms with Crippen LogP contribution in [-0.2, 0) is 20.4 Å². The van der Waals surface area contributed by atoms with Gasteiger partial charge in [0, 0.05) is 36.3 Å². The zero-order valence-corrected chi connectivity index (χ0v) is 22.6. The molecule has 2 heterocycles. The Kier molecular flexibility index (Phi) is 7.12. The summed E-state index contributed by atoms with van der Waals surface area (Å²) in [7, 11) is 0. The van der Waals surface area contributed by atoms with E-state index in [2.05, 4.69) is 5.32 Å². The second-order valence-corrected chi connectivity index (χ2v) is 11.4. The van der Waals surface area contributed by atoms with Crippen molar-refractivity contribution in [1.29, 1.82) is 0 Å². The predicted octanol–water partition coefficient (Wildman–Crippen LogP) is 4.05. The average molecular weight is 504 g/mol. The first-order valence-electron chi connectivity index (χ1n) is 13.0. The molecule has 4 amide bonds. The topological polar surface area (TPSA) is 86.8 Å². The minimum Gasteiger partial charge on any atom is -0.312 e. The van der Waals surface area contributed by atoms with Gasteiger partial charge in [-0.05, 0) is 77.6 Å². The van der Waals surface area contributed by atoms with Crippen molar-refractivity contribution in [3.05, 3.63) is 70.8 Å². The molecule has 0 saturated heterocycles. The molecule has 1 N–H and O–H groups in total. The molecule has 0 saturated carbocycles. The molecule has 4 rings (SSSR count). The monoisotopic (exact) mass is 503 g/mol. The smallest absolute Gasteiger partial charge is 0.260 e. The molecule has 0 aliphatic carbocycles. The number of rotatable bonds is 8. The number of benzene rings is 2. The lowest BCUT2D eigenvalue weighted by Crippen LogP contribution is -2.53. The highest BCUT2D eigenvalue weighted by atomic mass is 16.2. The summed E-state index contributed by atoms with van der Waals surface area (Å²) in [4.78, 5) is 55.1. The van der Waals surface area contributed by atoms with Crippen LogP contribution in [0.15, 0.2) is 48.5 Å². The van der Waals surface area contributed by atoms with Crippen LogP contribution in [0.25, 0.3) is 0 Å². The van der Waals surface area contributed by atoms with Crippen LogP contribution in [0.3, 0.4) is 0 Å². The number of amides is 4. The lowest BCUT2D eigenvalue weighted by molar-refractivity contribution is -0.135. The summed E-state index contributed by atoms with van der Waals surface area (Å²) in [5.41, 5.74) is 1.20. The highest BCUT2D eigenvalue weighted by Crippen LogP contribution is 2.35. The Labute approximate surface area is 219 Å². The molecule has 0 radical (unpaired) electrons. The van der Waals surface area contributed by atoms with Crippen LogP contribution in [0, 0.1) is 0 Å². The molecule has 2 aliphatic rings. The zero-order valence-electron chi connectivity index (χ0n) is 22.6. The number of hydrogen-bond acceptors (Lipinski definition) is 5. The average Bonchev–Trinajstić information content (AvgIpc) is 2.86. The van der Waals surface area contributed by atoms with Crippen LogP contribution in [0.2, 0.25) is 0 Å². The fraction of sp³-hybridized carbons (Fsp3) is 0.467. The number of carbonyl (C=O) groups excluding carboxylic acids is 4. The van der Waals surface area contributed by atoms with Gasteiger partial charge < -0.3 is 5.32 Å². The molecular weight excluding hydrogens is 466 g/mol. The summed E-state index contributed by atoms with van der Waals surface area (Å²) >= 11 is 0. The summed E-state index contributed by atoms with van der Waals surface area (Å²) in [6, 6.07) is 14.7. The Morgan fingerprint density at radius 3 is 1.38 bits per heavy atom. The molecule has 2 atom stereocenters. The van der Waals surface area contributed by atoms with Crippen molar-refractivity contribution >= 4 is 23.6 Å². The van der Waals surface area contributed by atoms with Gasteiger partial charge in [-0.1, -0.05) is 36.4 Å². The first-order valence-corrected chi connectivity index (χ1v) is 13.0. The van der Waals surface area contributed by atoms with Crippen molar-refractivity contribution in [1.82, 2.24) is 15.1 Å². The van der Waals surface area contributed by atoms with E-state index < -0.39 is 10.8 Å². The minimum atomic E-state index is -0.756. The van der Waals surface area contributed by atoms with Gasteiger partial charge in [-0.3, -0.25) is 29.0 Å². The first kappa shape index (κ1) is 26.7. The van der Waals surface area contributed by atoms with Crippen LogP contribution in [0.1, 0.15) is 86.2 Å². The van der Waals surface area contributed by atoms with Gasteiger partial charge in [0.05, 0.1) is 10.8 Å². The highest BCUT2D eigenvalue weighted by Gasteiger charge is 2.45. The summed E-state index contributed by atoms with van der Waals surface area (Å²) in [5, 5.41) is 3.50. The van der Waals surface area contributed by atoms with Crippen molar-refractivity contribution in [3.8, 4) is 0 Å². The summed E-state index contributed by atoms with van der Waals surface area (Å²) in [5.74, 6) is -0.849. The fourth-order valence-corrected chi connectivity index (χ4v) is 5.51. The zero-order chi connectivity index (χ0) is 27.1. The van der Waals surface area contributed by atoms with Crippen LogP contribution in [0.5, 0.6) is 0 Å². The van der Waals surface area contributed by atoms with Gasteiger partial charge in [0.1, 0.15) is 0 Å². The Morgan fingerprint density at radius 1 is 0.649 bits per heavy atom. The van der Waals surface area contributed by atoms with E-state index in [1.54, 1.807) is 12.1 Å². The Hall–Kier alpha value is -3.32. The molecule has 0 aromatic heterocycles. The number of fused-ring (bicyclic) bond motifs is 2. The molecule has 2 aliphatic heterocycles. The maximum absolute atomic E-state index is 13.1.